The molecule has 0 bridgehead atoms. The SMILES string of the molecule is COC(=O)c1ccc(C)c(NC(=O)COC(=O)CCc2nnc(-c3ccc(C)cc3)o2)c1. The molecule has 0 aliphatic heterocycles. The van der Waals surface area contributed by atoms with Crippen molar-refractivity contribution in [3.63, 3.8) is 0 Å². The maximum Gasteiger partial charge on any atom is 0.337 e. The Hall–Kier alpha value is -4.01. The van der Waals surface area contributed by atoms with Gasteiger partial charge in [-0.25, -0.2) is 4.79 Å². The van der Waals surface area contributed by atoms with Crippen molar-refractivity contribution in [1.29, 1.82) is 0 Å². The highest BCUT2D eigenvalue weighted by atomic mass is 16.5. The standard InChI is InChI=1S/C23H23N3O6/c1-14-4-7-16(8-5-14)22-26-25-20(32-22)10-11-21(28)31-13-19(27)24-18-12-17(23(29)30-3)9-6-15(18)2/h4-9,12H,10-11,13H2,1-3H3,(H,24,27). The van der Waals surface area contributed by atoms with Gasteiger partial charge in [-0.3, -0.25) is 9.59 Å². The van der Waals surface area contributed by atoms with E-state index in [-0.39, 0.29) is 12.8 Å². The van der Waals surface area contributed by atoms with Crippen LogP contribution < -0.4 is 5.32 Å². The fourth-order valence-electron chi connectivity index (χ4n) is 2.78. The van der Waals surface area contributed by atoms with Crippen LogP contribution in [0.1, 0.15) is 33.8 Å². The number of ether oxygens (including phenoxy) is 2. The summed E-state index contributed by atoms with van der Waals surface area (Å²) in [7, 11) is 1.28. The Kier molecular flexibility index (Phi) is 7.33. The van der Waals surface area contributed by atoms with Gasteiger partial charge in [0.2, 0.25) is 11.8 Å². The van der Waals surface area contributed by atoms with E-state index in [1.807, 2.05) is 31.2 Å². The van der Waals surface area contributed by atoms with Crippen LogP contribution in [0.25, 0.3) is 11.5 Å². The predicted octanol–water partition coefficient (Wildman–Crippen LogP) is 3.25. The van der Waals surface area contributed by atoms with Gasteiger partial charge >= 0.3 is 11.9 Å². The summed E-state index contributed by atoms with van der Waals surface area (Å²) < 4.78 is 15.3. The minimum atomic E-state index is -0.574. The summed E-state index contributed by atoms with van der Waals surface area (Å²) in [4.78, 5) is 35.8. The number of aryl methyl sites for hydroxylation is 3. The van der Waals surface area contributed by atoms with E-state index >= 15 is 0 Å². The molecule has 9 heteroatoms. The number of anilines is 1. The van der Waals surface area contributed by atoms with Gasteiger partial charge in [-0.15, -0.1) is 10.2 Å². The van der Waals surface area contributed by atoms with E-state index in [9.17, 15) is 14.4 Å². The third-order valence-electron chi connectivity index (χ3n) is 4.61. The van der Waals surface area contributed by atoms with Crippen LogP contribution in [0.15, 0.2) is 46.9 Å². The van der Waals surface area contributed by atoms with Crippen LogP contribution in [-0.4, -0.2) is 41.8 Å². The summed E-state index contributed by atoms with van der Waals surface area (Å²) >= 11 is 0. The molecule has 0 aliphatic rings. The van der Waals surface area contributed by atoms with Crippen molar-refractivity contribution < 1.29 is 28.3 Å². The number of hydrogen-bond donors (Lipinski definition) is 1. The van der Waals surface area contributed by atoms with Crippen LogP contribution >= 0.6 is 0 Å². The van der Waals surface area contributed by atoms with Crippen molar-refractivity contribution in [2.24, 2.45) is 0 Å². The van der Waals surface area contributed by atoms with E-state index in [0.717, 1.165) is 16.7 Å². The number of rotatable bonds is 8. The Bertz CT molecular complexity index is 1120. The molecule has 1 aromatic heterocycles. The normalized spacial score (nSPS) is 10.5. The Balaban J connectivity index is 1.47. The molecule has 32 heavy (non-hydrogen) atoms. The molecule has 0 saturated heterocycles. The third-order valence-corrected chi connectivity index (χ3v) is 4.61. The highest BCUT2D eigenvalue weighted by Crippen LogP contribution is 2.19. The number of benzene rings is 2. The van der Waals surface area contributed by atoms with Crippen LogP contribution in [0, 0.1) is 13.8 Å². The van der Waals surface area contributed by atoms with Gasteiger partial charge in [-0.1, -0.05) is 23.8 Å². The molecule has 1 N–H and O–H groups in total. The first-order valence-electron chi connectivity index (χ1n) is 9.89. The first-order valence-corrected chi connectivity index (χ1v) is 9.89. The molecule has 9 nitrogen and oxygen atoms in total. The highest BCUT2D eigenvalue weighted by Gasteiger charge is 2.14. The van der Waals surface area contributed by atoms with Crippen molar-refractivity contribution in [2.45, 2.75) is 26.7 Å². The van der Waals surface area contributed by atoms with E-state index in [1.54, 1.807) is 19.1 Å². The zero-order valence-corrected chi connectivity index (χ0v) is 18.0. The molecule has 0 aliphatic carbocycles. The molecule has 166 valence electrons. The van der Waals surface area contributed by atoms with E-state index in [0.29, 0.717) is 23.0 Å². The van der Waals surface area contributed by atoms with Crippen LogP contribution in [0.4, 0.5) is 5.69 Å². The molecule has 0 fully saturated rings. The summed E-state index contributed by atoms with van der Waals surface area (Å²) in [5.41, 5.74) is 3.39. The van der Waals surface area contributed by atoms with Crippen molar-refractivity contribution >= 4 is 23.5 Å². The Morgan fingerprint density at radius 3 is 2.50 bits per heavy atom. The average Bonchev–Trinajstić information content (AvgIpc) is 3.26. The van der Waals surface area contributed by atoms with E-state index in [1.165, 1.54) is 13.2 Å². The smallest absolute Gasteiger partial charge is 0.337 e. The van der Waals surface area contributed by atoms with Gasteiger partial charge < -0.3 is 19.2 Å². The lowest BCUT2D eigenvalue weighted by Crippen LogP contribution is -2.21. The topological polar surface area (TPSA) is 121 Å². The molecule has 0 atom stereocenters. The molecule has 0 saturated carbocycles. The van der Waals surface area contributed by atoms with Gasteiger partial charge in [0.15, 0.2) is 6.61 Å². The molecule has 0 radical (unpaired) electrons. The molecule has 0 spiro atoms. The maximum atomic E-state index is 12.1. The molecule has 3 rings (SSSR count). The Morgan fingerprint density at radius 2 is 1.78 bits per heavy atom. The molecular formula is C23H23N3O6. The summed E-state index contributed by atoms with van der Waals surface area (Å²) in [6, 6.07) is 12.4. The second-order valence-corrected chi connectivity index (χ2v) is 7.10. The maximum absolute atomic E-state index is 12.1. The zero-order chi connectivity index (χ0) is 23.1. The molecule has 3 aromatic rings. The van der Waals surface area contributed by atoms with Gasteiger partial charge in [-0.2, -0.15) is 0 Å². The Labute approximate surface area is 184 Å². The zero-order valence-electron chi connectivity index (χ0n) is 18.0. The molecule has 1 amide bonds. The highest BCUT2D eigenvalue weighted by molar-refractivity contribution is 5.96. The molecule has 2 aromatic carbocycles. The lowest BCUT2D eigenvalue weighted by Gasteiger charge is -2.10. The lowest BCUT2D eigenvalue weighted by atomic mass is 10.1. The quantitative estimate of drug-likeness (QED) is 0.533. The van der Waals surface area contributed by atoms with Crippen LogP contribution in [-0.2, 0) is 25.5 Å². The number of aromatic nitrogens is 2. The van der Waals surface area contributed by atoms with E-state index in [4.69, 9.17) is 9.15 Å². The number of hydrogen-bond acceptors (Lipinski definition) is 8. The van der Waals surface area contributed by atoms with Crippen LogP contribution in [0.3, 0.4) is 0 Å². The van der Waals surface area contributed by atoms with Crippen molar-refractivity contribution in [1.82, 2.24) is 10.2 Å². The lowest BCUT2D eigenvalue weighted by molar-refractivity contribution is -0.147. The number of nitrogens with one attached hydrogen (secondary N) is 1. The summed E-state index contributed by atoms with van der Waals surface area (Å²) in [6.07, 6.45) is 0.180. The molecule has 0 unspecified atom stereocenters. The first kappa shape index (κ1) is 22.7. The second kappa shape index (κ2) is 10.3. The van der Waals surface area contributed by atoms with Crippen molar-refractivity contribution in [3.8, 4) is 11.5 Å². The van der Waals surface area contributed by atoms with Crippen LogP contribution in [0.2, 0.25) is 0 Å². The molecule has 1 heterocycles. The number of carbonyl (C=O) groups excluding carboxylic acids is 3. The number of carbonyl (C=O) groups is 3. The average molecular weight is 437 g/mol. The summed E-state index contributed by atoms with van der Waals surface area (Å²) in [6.45, 7) is 3.30. The van der Waals surface area contributed by atoms with Crippen molar-refractivity contribution in [2.75, 3.05) is 19.0 Å². The van der Waals surface area contributed by atoms with E-state index < -0.39 is 24.5 Å². The second-order valence-electron chi connectivity index (χ2n) is 7.10. The summed E-state index contributed by atoms with van der Waals surface area (Å²) in [5.74, 6) is -0.939. The summed E-state index contributed by atoms with van der Waals surface area (Å²) in [5, 5.41) is 10.5. The van der Waals surface area contributed by atoms with Gasteiger partial charge in [-0.05, 0) is 43.7 Å². The number of esters is 2. The monoisotopic (exact) mass is 437 g/mol. The number of nitrogens with zero attached hydrogens (tertiary/aromatic N) is 2. The van der Waals surface area contributed by atoms with Gasteiger partial charge in [0.05, 0.1) is 19.1 Å². The van der Waals surface area contributed by atoms with Gasteiger partial charge in [0.25, 0.3) is 5.91 Å². The minimum absolute atomic E-state index is 0.0142. The number of methoxy groups -OCH3 is 1. The molecular weight excluding hydrogens is 414 g/mol. The first-order chi connectivity index (χ1) is 15.4. The Morgan fingerprint density at radius 1 is 1.03 bits per heavy atom. The largest absolute Gasteiger partial charge is 0.465 e. The van der Waals surface area contributed by atoms with E-state index in [2.05, 4.69) is 20.3 Å². The van der Waals surface area contributed by atoms with Gasteiger partial charge in [0, 0.05) is 17.7 Å². The third kappa shape index (κ3) is 6.00. The predicted molar refractivity (Wildman–Crippen MR) is 115 cm³/mol. The minimum Gasteiger partial charge on any atom is -0.465 e. The number of amides is 1. The van der Waals surface area contributed by atoms with Crippen LogP contribution in [0.5, 0.6) is 0 Å². The van der Waals surface area contributed by atoms with Gasteiger partial charge in [0.1, 0.15) is 0 Å². The fraction of sp³-hybridized carbons (Fsp3) is 0.261. The fourth-order valence-corrected chi connectivity index (χ4v) is 2.78. The van der Waals surface area contributed by atoms with Crippen molar-refractivity contribution in [3.05, 3.63) is 65.0 Å².